The first-order valence-corrected chi connectivity index (χ1v) is 11.5. The minimum atomic E-state index is -0.354. The summed E-state index contributed by atoms with van der Waals surface area (Å²) in [6.45, 7) is 2.81. The van der Waals surface area contributed by atoms with Crippen molar-refractivity contribution in [3.05, 3.63) is 83.9 Å². The topological polar surface area (TPSA) is 65.1 Å². The Morgan fingerprint density at radius 2 is 1.38 bits per heavy atom. The normalized spacial score (nSPS) is 15.1. The third kappa shape index (κ3) is 4.17. The smallest absolute Gasteiger partial charge is 0.321 e. The van der Waals surface area contributed by atoms with E-state index in [-0.39, 0.29) is 17.9 Å². The van der Waals surface area contributed by atoms with Crippen LogP contribution in [0.5, 0.6) is 11.5 Å². The van der Waals surface area contributed by atoms with Crippen LogP contribution in [0.3, 0.4) is 0 Å². The molecule has 7 heteroatoms. The van der Waals surface area contributed by atoms with Crippen LogP contribution in [0.25, 0.3) is 0 Å². The average molecular weight is 457 g/mol. The summed E-state index contributed by atoms with van der Waals surface area (Å²) in [5.74, 6) is 1.26. The van der Waals surface area contributed by atoms with Crippen LogP contribution < -0.4 is 15.0 Å². The highest BCUT2D eigenvalue weighted by Gasteiger charge is 2.36. The second-order valence-electron chi connectivity index (χ2n) is 8.79. The third-order valence-corrected chi connectivity index (χ3v) is 6.41. The molecule has 2 heterocycles. The number of anilines is 2. The molecule has 3 aromatic rings. The van der Waals surface area contributed by atoms with Crippen molar-refractivity contribution in [2.24, 2.45) is 0 Å². The van der Waals surface area contributed by atoms with Crippen LogP contribution in [0.1, 0.15) is 17.0 Å². The highest BCUT2D eigenvalue weighted by molar-refractivity contribution is 5.90. The first-order valence-electron chi connectivity index (χ1n) is 11.5. The summed E-state index contributed by atoms with van der Waals surface area (Å²) < 4.78 is 6.06. The quantitative estimate of drug-likeness (QED) is 0.636. The Morgan fingerprint density at radius 1 is 0.824 bits per heavy atom. The molecule has 0 aliphatic carbocycles. The molecule has 2 aliphatic rings. The fraction of sp³-hybridized carbons (Fsp3) is 0.259. The van der Waals surface area contributed by atoms with E-state index >= 15 is 0 Å². The van der Waals surface area contributed by atoms with Crippen molar-refractivity contribution in [2.45, 2.75) is 5.92 Å². The molecule has 7 nitrogen and oxygen atoms in total. The van der Waals surface area contributed by atoms with Gasteiger partial charge in [-0.05, 0) is 36.4 Å². The van der Waals surface area contributed by atoms with Crippen molar-refractivity contribution in [1.29, 1.82) is 0 Å². The molecule has 3 amide bonds. The number of piperazine rings is 1. The van der Waals surface area contributed by atoms with Crippen molar-refractivity contribution >= 4 is 23.3 Å². The zero-order valence-electron chi connectivity index (χ0n) is 19.4. The van der Waals surface area contributed by atoms with E-state index in [0.717, 1.165) is 47.1 Å². The molecule has 1 fully saturated rings. The number of nitrogens with one attached hydrogen (secondary N) is 1. The van der Waals surface area contributed by atoms with E-state index in [1.807, 2.05) is 77.7 Å². The molecule has 1 N–H and O–H groups in total. The number of rotatable bonds is 3. The van der Waals surface area contributed by atoms with Crippen molar-refractivity contribution in [3.8, 4) is 11.5 Å². The Bertz CT molecular complexity index is 1160. The summed E-state index contributed by atoms with van der Waals surface area (Å²) in [6, 6.07) is 23.3. The molecule has 0 aromatic heterocycles. The van der Waals surface area contributed by atoms with Gasteiger partial charge >= 0.3 is 6.03 Å². The molecule has 2 aliphatic heterocycles. The van der Waals surface area contributed by atoms with Crippen LogP contribution in [-0.4, -0.2) is 62.0 Å². The van der Waals surface area contributed by atoms with E-state index in [1.165, 1.54) is 4.90 Å². The molecule has 0 unspecified atom stereocenters. The molecule has 3 aromatic carbocycles. The summed E-state index contributed by atoms with van der Waals surface area (Å²) >= 11 is 0. The molecular weight excluding hydrogens is 428 g/mol. The van der Waals surface area contributed by atoms with Crippen LogP contribution in [0.4, 0.5) is 16.2 Å². The Hall–Kier alpha value is -4.00. The van der Waals surface area contributed by atoms with Gasteiger partial charge in [0, 0.05) is 62.8 Å². The first kappa shape index (κ1) is 21.8. The van der Waals surface area contributed by atoms with Gasteiger partial charge in [-0.25, -0.2) is 4.79 Å². The largest absolute Gasteiger partial charge is 0.457 e. The highest BCUT2D eigenvalue weighted by atomic mass is 16.5. The number of carbonyl (C=O) groups is 2. The lowest BCUT2D eigenvalue weighted by Gasteiger charge is -2.38. The minimum absolute atomic E-state index is 0.115. The maximum absolute atomic E-state index is 13.7. The maximum Gasteiger partial charge on any atom is 0.321 e. The molecule has 34 heavy (non-hydrogen) atoms. The predicted molar refractivity (Wildman–Crippen MR) is 133 cm³/mol. The van der Waals surface area contributed by atoms with Gasteiger partial charge in [-0.1, -0.05) is 36.4 Å². The van der Waals surface area contributed by atoms with Gasteiger partial charge in [0.05, 0.1) is 5.92 Å². The van der Waals surface area contributed by atoms with Gasteiger partial charge in [-0.15, -0.1) is 0 Å². The lowest BCUT2D eigenvalue weighted by Crippen LogP contribution is -2.50. The molecular formula is C27H28N4O3. The average Bonchev–Trinajstić information content (AvgIpc) is 2.87. The number of nitrogens with zero attached hydrogens (tertiary/aromatic N) is 3. The van der Waals surface area contributed by atoms with Crippen molar-refractivity contribution in [3.63, 3.8) is 0 Å². The van der Waals surface area contributed by atoms with Gasteiger partial charge < -0.3 is 24.8 Å². The number of hydrogen-bond acceptors (Lipinski definition) is 4. The molecule has 0 atom stereocenters. The number of benzene rings is 3. The van der Waals surface area contributed by atoms with Crippen molar-refractivity contribution in [2.75, 3.05) is 50.5 Å². The fourth-order valence-corrected chi connectivity index (χ4v) is 4.53. The van der Waals surface area contributed by atoms with E-state index < -0.39 is 0 Å². The second kappa shape index (κ2) is 9.09. The van der Waals surface area contributed by atoms with E-state index in [1.54, 1.807) is 14.1 Å². The Morgan fingerprint density at radius 3 is 1.94 bits per heavy atom. The number of urea groups is 1. The van der Waals surface area contributed by atoms with Gasteiger partial charge in [-0.3, -0.25) is 4.79 Å². The lowest BCUT2D eigenvalue weighted by molar-refractivity contribution is -0.132. The summed E-state index contributed by atoms with van der Waals surface area (Å²) in [6.07, 6.45) is 0. The summed E-state index contributed by atoms with van der Waals surface area (Å²) in [5, 5.41) is 2.85. The summed E-state index contributed by atoms with van der Waals surface area (Å²) in [4.78, 5) is 31.3. The number of fused-ring (bicyclic) bond motifs is 2. The van der Waals surface area contributed by atoms with Crippen LogP contribution in [0, 0.1) is 0 Å². The van der Waals surface area contributed by atoms with Gasteiger partial charge in [0.25, 0.3) is 0 Å². The zero-order valence-corrected chi connectivity index (χ0v) is 19.4. The Labute approximate surface area is 199 Å². The highest BCUT2D eigenvalue weighted by Crippen LogP contribution is 2.44. The van der Waals surface area contributed by atoms with Crippen LogP contribution >= 0.6 is 0 Å². The zero-order chi connectivity index (χ0) is 23.7. The lowest BCUT2D eigenvalue weighted by atomic mass is 9.86. The fourth-order valence-electron chi connectivity index (χ4n) is 4.53. The van der Waals surface area contributed by atoms with Gasteiger partial charge in [0.2, 0.25) is 5.91 Å². The van der Waals surface area contributed by atoms with E-state index in [4.69, 9.17) is 4.74 Å². The monoisotopic (exact) mass is 456 g/mol. The predicted octanol–water partition coefficient (Wildman–Crippen LogP) is 4.37. The molecule has 0 spiro atoms. The minimum Gasteiger partial charge on any atom is -0.457 e. The van der Waals surface area contributed by atoms with Gasteiger partial charge in [0.1, 0.15) is 11.5 Å². The van der Waals surface area contributed by atoms with Gasteiger partial charge in [0.15, 0.2) is 0 Å². The number of amides is 3. The molecule has 174 valence electrons. The standard InChI is InChI=1S/C27H28N4O3/c1-29(2)27(33)28-19-11-13-20(14-12-19)30-15-17-31(18-16-30)26(32)25-21-7-3-5-9-23(21)34-24-10-6-4-8-22(24)25/h3-14,25H,15-18H2,1-2H3,(H,28,33). The molecule has 5 rings (SSSR count). The third-order valence-electron chi connectivity index (χ3n) is 6.41. The SMILES string of the molecule is CN(C)C(=O)Nc1ccc(N2CCN(C(=O)C3c4ccccc4Oc4ccccc43)CC2)cc1. The van der Waals surface area contributed by atoms with Gasteiger partial charge in [-0.2, -0.15) is 0 Å². The number of para-hydroxylation sites is 2. The summed E-state index contributed by atoms with van der Waals surface area (Å²) in [7, 11) is 3.42. The van der Waals surface area contributed by atoms with E-state index in [2.05, 4.69) is 10.2 Å². The number of hydrogen-bond donors (Lipinski definition) is 1. The van der Waals surface area contributed by atoms with Crippen molar-refractivity contribution < 1.29 is 14.3 Å². The maximum atomic E-state index is 13.7. The summed E-state index contributed by atoms with van der Waals surface area (Å²) in [5.41, 5.74) is 3.68. The van der Waals surface area contributed by atoms with E-state index in [9.17, 15) is 9.59 Å². The number of ether oxygens (including phenoxy) is 1. The van der Waals surface area contributed by atoms with Crippen molar-refractivity contribution in [1.82, 2.24) is 9.80 Å². The van der Waals surface area contributed by atoms with Crippen LogP contribution in [-0.2, 0) is 4.79 Å². The second-order valence-corrected chi connectivity index (χ2v) is 8.79. The molecule has 0 saturated carbocycles. The van der Waals surface area contributed by atoms with Crippen LogP contribution in [0.15, 0.2) is 72.8 Å². The Balaban J connectivity index is 1.28. The van der Waals surface area contributed by atoms with E-state index in [0.29, 0.717) is 13.1 Å². The van der Waals surface area contributed by atoms with Crippen LogP contribution in [0.2, 0.25) is 0 Å². The molecule has 1 saturated heterocycles. The first-order chi connectivity index (χ1) is 16.5. The number of carbonyl (C=O) groups excluding carboxylic acids is 2. The molecule has 0 radical (unpaired) electrons. The Kier molecular flexibility index (Phi) is 5.84. The molecule has 0 bridgehead atoms.